The summed E-state index contributed by atoms with van der Waals surface area (Å²) in [5, 5.41) is 10.5. The first kappa shape index (κ1) is 21.2. The normalized spacial score (nSPS) is 30.4. The standard InChI is InChI=1S/C22H44N2O/c1-17(2)11-12-23-13-14-24(21(16-23)15-22(5,6)25)20-9-7-19(8-10-20)18(3)4/h17-21,25H,7-16H2,1-6H3/t19?,20?,21-/m0/s1. The van der Waals surface area contributed by atoms with Crippen LogP contribution in [0.1, 0.15) is 80.1 Å². The largest absolute Gasteiger partial charge is 0.390 e. The molecule has 2 fully saturated rings. The van der Waals surface area contributed by atoms with Gasteiger partial charge in [0.1, 0.15) is 0 Å². The summed E-state index contributed by atoms with van der Waals surface area (Å²) in [5.74, 6) is 2.54. The van der Waals surface area contributed by atoms with E-state index in [4.69, 9.17) is 0 Å². The number of hydrogen-bond acceptors (Lipinski definition) is 3. The maximum absolute atomic E-state index is 10.5. The van der Waals surface area contributed by atoms with Crippen LogP contribution in [-0.2, 0) is 0 Å². The van der Waals surface area contributed by atoms with Crippen LogP contribution in [0.5, 0.6) is 0 Å². The van der Waals surface area contributed by atoms with Crippen molar-refractivity contribution in [3.63, 3.8) is 0 Å². The van der Waals surface area contributed by atoms with Gasteiger partial charge in [-0.15, -0.1) is 0 Å². The van der Waals surface area contributed by atoms with E-state index in [0.717, 1.165) is 36.8 Å². The van der Waals surface area contributed by atoms with E-state index in [0.29, 0.717) is 6.04 Å². The highest BCUT2D eigenvalue weighted by Crippen LogP contribution is 2.34. The van der Waals surface area contributed by atoms with Crippen LogP contribution in [-0.4, -0.2) is 58.8 Å². The second kappa shape index (κ2) is 9.19. The fourth-order valence-corrected chi connectivity index (χ4v) is 4.92. The molecule has 3 heteroatoms. The molecule has 148 valence electrons. The quantitative estimate of drug-likeness (QED) is 0.736. The molecule has 1 N–H and O–H groups in total. The van der Waals surface area contributed by atoms with Gasteiger partial charge in [0.2, 0.25) is 0 Å². The van der Waals surface area contributed by atoms with Crippen molar-refractivity contribution in [2.24, 2.45) is 17.8 Å². The van der Waals surface area contributed by atoms with E-state index in [1.165, 1.54) is 51.7 Å². The van der Waals surface area contributed by atoms with Gasteiger partial charge in [-0.2, -0.15) is 0 Å². The summed E-state index contributed by atoms with van der Waals surface area (Å²) in [4.78, 5) is 5.42. The van der Waals surface area contributed by atoms with Gasteiger partial charge in [-0.25, -0.2) is 0 Å². The molecule has 1 saturated carbocycles. The van der Waals surface area contributed by atoms with E-state index in [2.05, 4.69) is 37.5 Å². The van der Waals surface area contributed by atoms with Gasteiger partial charge in [-0.1, -0.05) is 27.7 Å². The molecular formula is C22H44N2O. The summed E-state index contributed by atoms with van der Waals surface area (Å²) < 4.78 is 0. The molecule has 2 rings (SSSR count). The highest BCUT2D eigenvalue weighted by Gasteiger charge is 2.36. The van der Waals surface area contributed by atoms with Crippen molar-refractivity contribution in [3.8, 4) is 0 Å². The minimum atomic E-state index is -0.570. The molecule has 0 aromatic rings. The molecular weight excluding hydrogens is 308 g/mol. The van der Waals surface area contributed by atoms with Crippen molar-refractivity contribution >= 4 is 0 Å². The molecule has 1 saturated heterocycles. The van der Waals surface area contributed by atoms with Gasteiger partial charge in [-0.05, 0) is 76.7 Å². The average molecular weight is 353 g/mol. The number of piperazine rings is 1. The molecule has 3 nitrogen and oxygen atoms in total. The maximum Gasteiger partial charge on any atom is 0.0607 e. The van der Waals surface area contributed by atoms with Crippen LogP contribution >= 0.6 is 0 Å². The first-order chi connectivity index (χ1) is 11.7. The monoisotopic (exact) mass is 352 g/mol. The number of rotatable bonds is 7. The highest BCUT2D eigenvalue weighted by molar-refractivity contribution is 4.92. The molecule has 0 bridgehead atoms. The van der Waals surface area contributed by atoms with E-state index < -0.39 is 5.60 Å². The lowest BCUT2D eigenvalue weighted by Crippen LogP contribution is -2.58. The van der Waals surface area contributed by atoms with Crippen LogP contribution in [0.15, 0.2) is 0 Å². The SMILES string of the molecule is CC(C)CCN1CCN(C2CCC(C(C)C)CC2)[C@@H](CC(C)(C)O)C1. The predicted molar refractivity (Wildman–Crippen MR) is 108 cm³/mol. The van der Waals surface area contributed by atoms with Crippen LogP contribution in [0.2, 0.25) is 0 Å². The van der Waals surface area contributed by atoms with Crippen LogP contribution < -0.4 is 0 Å². The van der Waals surface area contributed by atoms with Gasteiger partial charge in [-0.3, -0.25) is 4.90 Å². The van der Waals surface area contributed by atoms with E-state index >= 15 is 0 Å². The molecule has 0 radical (unpaired) electrons. The first-order valence-electron chi connectivity index (χ1n) is 10.9. The molecule has 1 atom stereocenters. The molecule has 1 aliphatic carbocycles. The van der Waals surface area contributed by atoms with Crippen molar-refractivity contribution in [1.82, 2.24) is 9.80 Å². The Kier molecular flexibility index (Phi) is 7.79. The van der Waals surface area contributed by atoms with Crippen LogP contribution in [0.25, 0.3) is 0 Å². The van der Waals surface area contributed by atoms with E-state index in [-0.39, 0.29) is 0 Å². The zero-order valence-corrected chi connectivity index (χ0v) is 17.8. The minimum Gasteiger partial charge on any atom is -0.390 e. The van der Waals surface area contributed by atoms with E-state index in [9.17, 15) is 5.11 Å². The summed E-state index contributed by atoms with van der Waals surface area (Å²) in [6.45, 7) is 18.1. The zero-order chi connectivity index (χ0) is 18.6. The Bertz CT molecular complexity index is 380. The molecule has 0 amide bonds. The third-order valence-corrected chi connectivity index (χ3v) is 6.52. The lowest BCUT2D eigenvalue weighted by atomic mass is 9.78. The second-order valence-electron chi connectivity index (χ2n) is 10.2. The third kappa shape index (κ3) is 6.84. The van der Waals surface area contributed by atoms with Gasteiger partial charge in [0.05, 0.1) is 5.60 Å². The molecule has 1 heterocycles. The third-order valence-electron chi connectivity index (χ3n) is 6.52. The summed E-state index contributed by atoms with van der Waals surface area (Å²) in [6.07, 6.45) is 7.69. The fraction of sp³-hybridized carbons (Fsp3) is 1.00. The van der Waals surface area contributed by atoms with Gasteiger partial charge in [0.25, 0.3) is 0 Å². The molecule has 25 heavy (non-hydrogen) atoms. The van der Waals surface area contributed by atoms with E-state index in [1.54, 1.807) is 0 Å². The number of hydrogen-bond donors (Lipinski definition) is 1. The summed E-state index contributed by atoms with van der Waals surface area (Å²) >= 11 is 0. The van der Waals surface area contributed by atoms with Crippen LogP contribution in [0, 0.1) is 17.8 Å². The molecule has 2 aliphatic rings. The minimum absolute atomic E-state index is 0.515. The van der Waals surface area contributed by atoms with Crippen LogP contribution in [0.4, 0.5) is 0 Å². The maximum atomic E-state index is 10.5. The highest BCUT2D eigenvalue weighted by atomic mass is 16.3. The fourth-order valence-electron chi connectivity index (χ4n) is 4.92. The lowest BCUT2D eigenvalue weighted by Gasteiger charge is -2.49. The Labute approximate surface area is 157 Å². The van der Waals surface area contributed by atoms with E-state index in [1.807, 2.05) is 13.8 Å². The van der Waals surface area contributed by atoms with Crippen molar-refractivity contribution in [3.05, 3.63) is 0 Å². The zero-order valence-electron chi connectivity index (χ0n) is 17.8. The molecule has 1 aliphatic heterocycles. The van der Waals surface area contributed by atoms with Crippen molar-refractivity contribution in [2.45, 2.75) is 97.8 Å². The molecule has 0 unspecified atom stereocenters. The van der Waals surface area contributed by atoms with Crippen molar-refractivity contribution < 1.29 is 5.11 Å². The molecule has 0 aromatic carbocycles. The average Bonchev–Trinajstić information content (AvgIpc) is 2.51. The summed E-state index contributed by atoms with van der Waals surface area (Å²) in [5.41, 5.74) is -0.570. The Morgan fingerprint density at radius 3 is 2.16 bits per heavy atom. The Morgan fingerprint density at radius 1 is 1.00 bits per heavy atom. The van der Waals surface area contributed by atoms with Crippen molar-refractivity contribution in [2.75, 3.05) is 26.2 Å². The van der Waals surface area contributed by atoms with Gasteiger partial charge < -0.3 is 10.0 Å². The number of aliphatic hydroxyl groups is 1. The topological polar surface area (TPSA) is 26.7 Å². The predicted octanol–water partition coefficient (Wildman–Crippen LogP) is 4.39. The van der Waals surface area contributed by atoms with Gasteiger partial charge in [0, 0.05) is 31.7 Å². The van der Waals surface area contributed by atoms with Gasteiger partial charge >= 0.3 is 0 Å². The molecule has 0 spiro atoms. The first-order valence-corrected chi connectivity index (χ1v) is 10.9. The lowest BCUT2D eigenvalue weighted by molar-refractivity contribution is -0.0271. The smallest absolute Gasteiger partial charge is 0.0607 e. The Balaban J connectivity index is 1.96. The van der Waals surface area contributed by atoms with Crippen LogP contribution in [0.3, 0.4) is 0 Å². The molecule has 0 aromatic heterocycles. The number of nitrogens with zero attached hydrogens (tertiary/aromatic N) is 2. The summed E-state index contributed by atoms with van der Waals surface area (Å²) in [6, 6.07) is 1.26. The summed E-state index contributed by atoms with van der Waals surface area (Å²) in [7, 11) is 0. The Morgan fingerprint density at radius 2 is 1.64 bits per heavy atom. The van der Waals surface area contributed by atoms with Crippen molar-refractivity contribution in [1.29, 1.82) is 0 Å². The second-order valence-corrected chi connectivity index (χ2v) is 10.2. The Hall–Kier alpha value is -0.120. The van der Waals surface area contributed by atoms with Gasteiger partial charge in [0.15, 0.2) is 0 Å².